The van der Waals surface area contributed by atoms with Crippen LogP contribution >= 0.6 is 11.6 Å². The summed E-state index contributed by atoms with van der Waals surface area (Å²) in [6, 6.07) is 19.6. The van der Waals surface area contributed by atoms with Crippen molar-refractivity contribution in [1.29, 1.82) is 0 Å². The smallest absolute Gasteiger partial charge is 0.264 e. The van der Waals surface area contributed by atoms with Gasteiger partial charge in [0.05, 0.1) is 10.6 Å². The third-order valence-electron chi connectivity index (χ3n) is 6.05. The summed E-state index contributed by atoms with van der Waals surface area (Å²) in [5.41, 5.74) is 2.93. The minimum Gasteiger partial charge on any atom is -0.355 e. The highest BCUT2D eigenvalue weighted by Gasteiger charge is 2.32. The van der Waals surface area contributed by atoms with Gasteiger partial charge in [0, 0.05) is 18.1 Å². The van der Waals surface area contributed by atoms with E-state index in [1.807, 2.05) is 38.1 Å². The molecule has 0 aliphatic heterocycles. The van der Waals surface area contributed by atoms with E-state index in [4.69, 9.17) is 11.6 Å². The van der Waals surface area contributed by atoms with E-state index in [0.29, 0.717) is 11.6 Å². The summed E-state index contributed by atoms with van der Waals surface area (Å²) in [6.45, 7) is 7.25. The summed E-state index contributed by atoms with van der Waals surface area (Å²) in [5, 5.41) is 3.13. The number of nitrogens with zero attached hydrogens (tertiary/aromatic N) is 2. The van der Waals surface area contributed by atoms with Crippen LogP contribution in [-0.2, 0) is 26.2 Å². The molecule has 0 saturated heterocycles. The van der Waals surface area contributed by atoms with Crippen molar-refractivity contribution in [3.63, 3.8) is 0 Å². The molecule has 37 heavy (non-hydrogen) atoms. The van der Waals surface area contributed by atoms with Gasteiger partial charge in [-0.25, -0.2) is 8.42 Å². The van der Waals surface area contributed by atoms with Crippen LogP contribution in [0.25, 0.3) is 0 Å². The molecule has 1 atom stereocenters. The molecule has 0 aliphatic rings. The van der Waals surface area contributed by atoms with Crippen LogP contribution in [0.4, 0.5) is 5.69 Å². The number of sulfonamides is 1. The number of rotatable bonds is 10. The maximum Gasteiger partial charge on any atom is 0.264 e. The van der Waals surface area contributed by atoms with E-state index < -0.39 is 28.5 Å². The number of benzene rings is 3. The Morgan fingerprint density at radius 1 is 0.973 bits per heavy atom. The van der Waals surface area contributed by atoms with Gasteiger partial charge in [-0.2, -0.15) is 0 Å². The van der Waals surface area contributed by atoms with Crippen LogP contribution in [0, 0.1) is 13.8 Å². The Balaban J connectivity index is 2.03. The van der Waals surface area contributed by atoms with Gasteiger partial charge in [0.1, 0.15) is 12.6 Å². The first kappa shape index (κ1) is 28.2. The van der Waals surface area contributed by atoms with E-state index in [1.54, 1.807) is 44.2 Å². The van der Waals surface area contributed by atoms with E-state index in [2.05, 4.69) is 5.32 Å². The van der Waals surface area contributed by atoms with E-state index in [-0.39, 0.29) is 23.0 Å². The lowest BCUT2D eigenvalue weighted by Gasteiger charge is -2.32. The fraction of sp³-hybridized carbons (Fsp3) is 0.286. The second-order valence-electron chi connectivity index (χ2n) is 8.84. The molecule has 9 heteroatoms. The standard InChI is InChI=1S/C28H32ClN3O4S/c1-5-30-28(34)22(4)31(18-23-14-11-20(2)12-15-23)27(33)19-32(24-16-13-21(3)26(29)17-24)37(35,36)25-9-7-6-8-10-25/h6-17,22H,5,18-19H2,1-4H3,(H,30,34)/t22-/m0/s1. The summed E-state index contributed by atoms with van der Waals surface area (Å²) in [7, 11) is -4.12. The molecule has 0 aromatic heterocycles. The molecule has 196 valence electrons. The predicted octanol–water partition coefficient (Wildman–Crippen LogP) is 4.71. The van der Waals surface area contributed by atoms with Crippen LogP contribution in [0.3, 0.4) is 0 Å². The molecule has 0 saturated carbocycles. The number of aryl methyl sites for hydroxylation is 2. The van der Waals surface area contributed by atoms with Crippen molar-refractivity contribution in [2.24, 2.45) is 0 Å². The number of halogens is 1. The van der Waals surface area contributed by atoms with E-state index in [1.165, 1.54) is 23.1 Å². The van der Waals surface area contributed by atoms with E-state index in [9.17, 15) is 18.0 Å². The number of likely N-dealkylation sites (N-methyl/N-ethyl adjacent to an activating group) is 1. The molecule has 0 fully saturated rings. The molecule has 3 rings (SSSR count). The maximum atomic E-state index is 13.8. The van der Waals surface area contributed by atoms with E-state index in [0.717, 1.165) is 21.0 Å². The second kappa shape index (κ2) is 12.3. The highest BCUT2D eigenvalue weighted by atomic mass is 35.5. The van der Waals surface area contributed by atoms with Gasteiger partial charge < -0.3 is 10.2 Å². The molecule has 0 heterocycles. The molecular weight excluding hydrogens is 510 g/mol. The summed E-state index contributed by atoms with van der Waals surface area (Å²) < 4.78 is 28.5. The van der Waals surface area contributed by atoms with Gasteiger partial charge in [0.15, 0.2) is 0 Å². The zero-order valence-electron chi connectivity index (χ0n) is 21.4. The summed E-state index contributed by atoms with van der Waals surface area (Å²) in [6.07, 6.45) is 0. The highest BCUT2D eigenvalue weighted by molar-refractivity contribution is 7.92. The Hall–Kier alpha value is -3.36. The quantitative estimate of drug-likeness (QED) is 0.403. The summed E-state index contributed by atoms with van der Waals surface area (Å²) in [5.74, 6) is -0.839. The highest BCUT2D eigenvalue weighted by Crippen LogP contribution is 2.28. The van der Waals surface area contributed by atoms with Crippen molar-refractivity contribution in [2.75, 3.05) is 17.4 Å². The molecule has 0 spiro atoms. The van der Waals surface area contributed by atoms with Crippen molar-refractivity contribution < 1.29 is 18.0 Å². The molecule has 1 N–H and O–H groups in total. The number of hydrogen-bond acceptors (Lipinski definition) is 4. The van der Waals surface area contributed by atoms with Crippen molar-refractivity contribution in [3.05, 3.63) is 94.5 Å². The largest absolute Gasteiger partial charge is 0.355 e. The van der Waals surface area contributed by atoms with Gasteiger partial charge >= 0.3 is 0 Å². The van der Waals surface area contributed by atoms with E-state index >= 15 is 0 Å². The van der Waals surface area contributed by atoms with Crippen LogP contribution in [0.2, 0.25) is 5.02 Å². The van der Waals surface area contributed by atoms with Crippen molar-refractivity contribution >= 4 is 39.1 Å². The predicted molar refractivity (Wildman–Crippen MR) is 147 cm³/mol. The molecular formula is C28H32ClN3O4S. The minimum absolute atomic E-state index is 0.0429. The zero-order valence-corrected chi connectivity index (χ0v) is 23.0. The average molecular weight is 542 g/mol. The maximum absolute atomic E-state index is 13.8. The number of carbonyl (C=O) groups excluding carboxylic acids is 2. The fourth-order valence-electron chi connectivity index (χ4n) is 3.78. The average Bonchev–Trinajstić information content (AvgIpc) is 2.88. The van der Waals surface area contributed by atoms with Gasteiger partial charge in [-0.3, -0.25) is 13.9 Å². The second-order valence-corrected chi connectivity index (χ2v) is 11.1. The Bertz CT molecular complexity index is 1350. The Morgan fingerprint density at radius 2 is 1.62 bits per heavy atom. The normalized spacial score (nSPS) is 12.0. The molecule has 0 unspecified atom stereocenters. The van der Waals surface area contributed by atoms with Crippen LogP contribution < -0.4 is 9.62 Å². The minimum atomic E-state index is -4.12. The number of amides is 2. The monoisotopic (exact) mass is 541 g/mol. The van der Waals surface area contributed by atoms with Crippen molar-refractivity contribution in [3.8, 4) is 0 Å². The van der Waals surface area contributed by atoms with Gasteiger partial charge in [-0.15, -0.1) is 0 Å². The van der Waals surface area contributed by atoms with Crippen molar-refractivity contribution in [1.82, 2.24) is 10.2 Å². The SMILES string of the molecule is CCNC(=O)[C@H](C)N(Cc1ccc(C)cc1)C(=O)CN(c1ccc(C)c(Cl)c1)S(=O)(=O)c1ccccc1. The molecule has 0 radical (unpaired) electrons. The third-order valence-corrected chi connectivity index (χ3v) is 8.24. The van der Waals surface area contributed by atoms with Gasteiger partial charge in [-0.1, -0.05) is 65.7 Å². The topological polar surface area (TPSA) is 86.8 Å². The Kier molecular flexibility index (Phi) is 9.34. The Labute approximate surface area is 224 Å². The van der Waals surface area contributed by atoms with Gasteiger partial charge in [-0.05, 0) is 63.1 Å². The molecule has 0 bridgehead atoms. The Morgan fingerprint density at radius 3 is 2.22 bits per heavy atom. The first-order valence-electron chi connectivity index (χ1n) is 12.0. The number of carbonyl (C=O) groups is 2. The van der Waals surface area contributed by atoms with Crippen LogP contribution in [0.15, 0.2) is 77.7 Å². The number of anilines is 1. The lowest BCUT2D eigenvalue weighted by molar-refractivity contribution is -0.139. The molecule has 2 amide bonds. The summed E-state index contributed by atoms with van der Waals surface area (Å²) in [4.78, 5) is 28.0. The third kappa shape index (κ3) is 6.90. The number of nitrogens with one attached hydrogen (secondary N) is 1. The molecule has 7 nitrogen and oxygen atoms in total. The van der Waals surface area contributed by atoms with Gasteiger partial charge in [0.2, 0.25) is 11.8 Å². The lowest BCUT2D eigenvalue weighted by Crippen LogP contribution is -2.51. The van der Waals surface area contributed by atoms with Crippen LogP contribution in [0.5, 0.6) is 0 Å². The van der Waals surface area contributed by atoms with Crippen LogP contribution in [0.1, 0.15) is 30.5 Å². The molecule has 3 aromatic carbocycles. The fourth-order valence-corrected chi connectivity index (χ4v) is 5.38. The summed E-state index contributed by atoms with van der Waals surface area (Å²) >= 11 is 6.33. The lowest BCUT2D eigenvalue weighted by atomic mass is 10.1. The first-order chi connectivity index (χ1) is 17.5. The zero-order chi connectivity index (χ0) is 27.2. The van der Waals surface area contributed by atoms with Crippen molar-refractivity contribution in [2.45, 2.75) is 45.2 Å². The number of hydrogen-bond donors (Lipinski definition) is 1. The first-order valence-corrected chi connectivity index (χ1v) is 13.8. The molecule has 3 aromatic rings. The van der Waals surface area contributed by atoms with Gasteiger partial charge in [0.25, 0.3) is 10.0 Å². The van der Waals surface area contributed by atoms with Crippen LogP contribution in [-0.4, -0.2) is 44.3 Å². The molecule has 0 aliphatic carbocycles.